The maximum atomic E-state index is 5.33. The van der Waals surface area contributed by atoms with Gasteiger partial charge in [-0.2, -0.15) is 0 Å². The van der Waals surface area contributed by atoms with Gasteiger partial charge in [-0.25, -0.2) is 0 Å². The average molecular weight is 236 g/mol. The molecule has 0 aliphatic carbocycles. The van der Waals surface area contributed by atoms with Crippen LogP contribution < -0.4 is 10.6 Å². The fourth-order valence-electron chi connectivity index (χ4n) is 2.80. The molecule has 1 saturated heterocycles. The third-order valence-electron chi connectivity index (χ3n) is 3.74. The van der Waals surface area contributed by atoms with Gasteiger partial charge in [0, 0.05) is 26.1 Å². The molecule has 2 rings (SSSR count). The Balaban J connectivity index is 1.69. The molecule has 3 nitrogen and oxygen atoms in total. The molecule has 17 heavy (non-hydrogen) atoms. The van der Waals surface area contributed by atoms with Crippen molar-refractivity contribution in [3.05, 3.63) is 24.2 Å². The molecule has 1 aliphatic heterocycles. The van der Waals surface area contributed by atoms with Gasteiger partial charge in [0.25, 0.3) is 0 Å². The van der Waals surface area contributed by atoms with Crippen molar-refractivity contribution in [3.63, 3.8) is 0 Å². The number of furan rings is 1. The van der Waals surface area contributed by atoms with Crippen molar-refractivity contribution in [2.45, 2.75) is 32.6 Å². The van der Waals surface area contributed by atoms with E-state index in [9.17, 15) is 0 Å². The zero-order valence-electron chi connectivity index (χ0n) is 10.8. The lowest BCUT2D eigenvalue weighted by molar-refractivity contribution is 0.276. The van der Waals surface area contributed by atoms with E-state index in [4.69, 9.17) is 4.42 Å². The first-order valence-corrected chi connectivity index (χ1v) is 6.78. The van der Waals surface area contributed by atoms with Crippen LogP contribution in [0.2, 0.25) is 0 Å². The number of hydrogen-bond acceptors (Lipinski definition) is 3. The molecule has 1 atom stereocenters. The summed E-state index contributed by atoms with van der Waals surface area (Å²) in [6.07, 6.45) is 6.65. The van der Waals surface area contributed by atoms with Crippen LogP contribution in [0.15, 0.2) is 22.8 Å². The van der Waals surface area contributed by atoms with E-state index in [2.05, 4.69) is 17.6 Å². The van der Waals surface area contributed by atoms with Gasteiger partial charge >= 0.3 is 0 Å². The van der Waals surface area contributed by atoms with Crippen molar-refractivity contribution in [2.24, 2.45) is 5.41 Å². The first kappa shape index (κ1) is 12.7. The molecule has 0 amide bonds. The minimum absolute atomic E-state index is 0.498. The highest BCUT2D eigenvalue weighted by Crippen LogP contribution is 2.29. The van der Waals surface area contributed by atoms with Crippen LogP contribution in [0.4, 0.5) is 0 Å². The van der Waals surface area contributed by atoms with Gasteiger partial charge in [0.1, 0.15) is 5.76 Å². The molecule has 0 saturated carbocycles. The van der Waals surface area contributed by atoms with E-state index in [0.717, 1.165) is 25.3 Å². The zero-order valence-corrected chi connectivity index (χ0v) is 10.8. The van der Waals surface area contributed by atoms with Crippen LogP contribution >= 0.6 is 0 Å². The summed E-state index contributed by atoms with van der Waals surface area (Å²) in [5.74, 6) is 1.08. The SMILES string of the molecule is CCCC1(CNCCc2ccco2)CCNC1. The highest BCUT2D eigenvalue weighted by molar-refractivity contribution is 4.98. The average Bonchev–Trinajstić information content (AvgIpc) is 2.97. The summed E-state index contributed by atoms with van der Waals surface area (Å²) >= 11 is 0. The molecule has 1 aliphatic rings. The summed E-state index contributed by atoms with van der Waals surface area (Å²) in [6.45, 7) is 6.78. The summed E-state index contributed by atoms with van der Waals surface area (Å²) in [5.41, 5.74) is 0.498. The van der Waals surface area contributed by atoms with E-state index in [1.165, 1.54) is 32.4 Å². The highest BCUT2D eigenvalue weighted by Gasteiger charge is 2.32. The Hall–Kier alpha value is -0.800. The van der Waals surface area contributed by atoms with Gasteiger partial charge in [-0.3, -0.25) is 0 Å². The third kappa shape index (κ3) is 3.58. The summed E-state index contributed by atoms with van der Waals surface area (Å²) in [5, 5.41) is 7.09. The Labute approximate surface area is 104 Å². The normalized spacial score (nSPS) is 24.3. The smallest absolute Gasteiger partial charge is 0.105 e. The number of nitrogens with one attached hydrogen (secondary N) is 2. The van der Waals surface area contributed by atoms with E-state index in [-0.39, 0.29) is 0 Å². The van der Waals surface area contributed by atoms with Crippen molar-refractivity contribution in [3.8, 4) is 0 Å². The highest BCUT2D eigenvalue weighted by atomic mass is 16.3. The summed E-state index contributed by atoms with van der Waals surface area (Å²) in [6, 6.07) is 4.00. The fraction of sp³-hybridized carbons (Fsp3) is 0.714. The van der Waals surface area contributed by atoms with Gasteiger partial charge in [-0.1, -0.05) is 13.3 Å². The molecule has 96 valence electrons. The molecule has 1 fully saturated rings. The van der Waals surface area contributed by atoms with E-state index < -0.39 is 0 Å². The molecule has 0 spiro atoms. The van der Waals surface area contributed by atoms with Gasteiger partial charge in [0.15, 0.2) is 0 Å². The minimum atomic E-state index is 0.498. The predicted octanol–water partition coefficient (Wildman–Crippen LogP) is 2.19. The Morgan fingerprint density at radius 3 is 3.12 bits per heavy atom. The van der Waals surface area contributed by atoms with E-state index in [1.54, 1.807) is 6.26 Å². The molecule has 2 N–H and O–H groups in total. The van der Waals surface area contributed by atoms with Gasteiger partial charge in [-0.05, 0) is 36.9 Å². The molecule has 1 aromatic heterocycles. The van der Waals surface area contributed by atoms with Gasteiger partial charge < -0.3 is 15.1 Å². The van der Waals surface area contributed by atoms with Crippen LogP contribution in [-0.2, 0) is 6.42 Å². The van der Waals surface area contributed by atoms with Gasteiger partial charge in [0.05, 0.1) is 6.26 Å². The lowest BCUT2D eigenvalue weighted by atomic mass is 9.82. The van der Waals surface area contributed by atoms with E-state index in [1.807, 2.05) is 12.1 Å². The van der Waals surface area contributed by atoms with Crippen LogP contribution in [0.25, 0.3) is 0 Å². The van der Waals surface area contributed by atoms with Crippen molar-refractivity contribution in [1.82, 2.24) is 10.6 Å². The van der Waals surface area contributed by atoms with Crippen molar-refractivity contribution in [1.29, 1.82) is 0 Å². The summed E-state index contributed by atoms with van der Waals surface area (Å²) in [4.78, 5) is 0. The monoisotopic (exact) mass is 236 g/mol. The summed E-state index contributed by atoms with van der Waals surface area (Å²) < 4.78 is 5.33. The van der Waals surface area contributed by atoms with Crippen molar-refractivity contribution >= 4 is 0 Å². The molecule has 1 aromatic rings. The van der Waals surface area contributed by atoms with Gasteiger partial charge in [0.2, 0.25) is 0 Å². The zero-order chi connectivity index (χ0) is 12.0. The summed E-state index contributed by atoms with van der Waals surface area (Å²) in [7, 11) is 0. The molecule has 0 radical (unpaired) electrons. The largest absolute Gasteiger partial charge is 0.469 e. The topological polar surface area (TPSA) is 37.2 Å². The molecule has 3 heteroatoms. The molecule has 0 aromatic carbocycles. The first-order valence-electron chi connectivity index (χ1n) is 6.78. The Morgan fingerprint density at radius 1 is 1.53 bits per heavy atom. The molecule has 1 unspecified atom stereocenters. The molecular formula is C14H24N2O. The lowest BCUT2D eigenvalue weighted by Gasteiger charge is -2.28. The second-order valence-electron chi connectivity index (χ2n) is 5.18. The third-order valence-corrected chi connectivity index (χ3v) is 3.74. The van der Waals surface area contributed by atoms with Crippen molar-refractivity contribution in [2.75, 3.05) is 26.2 Å². The second kappa shape index (κ2) is 6.22. The van der Waals surface area contributed by atoms with Crippen LogP contribution in [-0.4, -0.2) is 26.2 Å². The van der Waals surface area contributed by atoms with Crippen LogP contribution in [0.3, 0.4) is 0 Å². The Morgan fingerprint density at radius 2 is 2.47 bits per heavy atom. The molecule has 2 heterocycles. The van der Waals surface area contributed by atoms with Crippen LogP contribution in [0.5, 0.6) is 0 Å². The Bertz CT molecular complexity index is 302. The number of rotatable bonds is 7. The van der Waals surface area contributed by atoms with Gasteiger partial charge in [-0.15, -0.1) is 0 Å². The standard InChI is InChI=1S/C14H24N2O/c1-2-6-14(7-9-16-12-14)11-15-8-5-13-4-3-10-17-13/h3-4,10,15-16H,2,5-9,11-12H2,1H3. The van der Waals surface area contributed by atoms with Crippen LogP contribution in [0, 0.1) is 5.41 Å². The number of hydrogen-bond donors (Lipinski definition) is 2. The fourth-order valence-corrected chi connectivity index (χ4v) is 2.80. The predicted molar refractivity (Wildman–Crippen MR) is 70.1 cm³/mol. The quantitative estimate of drug-likeness (QED) is 0.713. The van der Waals surface area contributed by atoms with Crippen molar-refractivity contribution < 1.29 is 4.42 Å². The minimum Gasteiger partial charge on any atom is -0.469 e. The van der Waals surface area contributed by atoms with E-state index in [0.29, 0.717) is 5.41 Å². The second-order valence-corrected chi connectivity index (χ2v) is 5.18. The lowest BCUT2D eigenvalue weighted by Crippen LogP contribution is -2.37. The first-order chi connectivity index (χ1) is 8.35. The van der Waals surface area contributed by atoms with E-state index >= 15 is 0 Å². The molecule has 0 bridgehead atoms. The van der Waals surface area contributed by atoms with Crippen LogP contribution in [0.1, 0.15) is 31.9 Å². The molecular weight excluding hydrogens is 212 g/mol. The maximum absolute atomic E-state index is 5.33. The maximum Gasteiger partial charge on any atom is 0.105 e. The Kier molecular flexibility index (Phi) is 4.63.